The lowest BCUT2D eigenvalue weighted by atomic mass is 9.78. The predicted octanol–water partition coefficient (Wildman–Crippen LogP) is 9.68. The van der Waals surface area contributed by atoms with Crippen LogP contribution in [0.3, 0.4) is 0 Å². The van der Waals surface area contributed by atoms with Crippen molar-refractivity contribution in [1.29, 1.82) is 0 Å². The number of benzene rings is 3. The molecule has 2 aliphatic rings. The van der Waals surface area contributed by atoms with E-state index in [1.807, 2.05) is 0 Å². The Hall–Kier alpha value is -3.46. The van der Waals surface area contributed by atoms with Gasteiger partial charge in [0.1, 0.15) is 0 Å². The molecule has 1 fully saturated rings. The van der Waals surface area contributed by atoms with E-state index in [-0.39, 0.29) is 64.7 Å². The van der Waals surface area contributed by atoms with Gasteiger partial charge in [0.05, 0.1) is 19.3 Å². The molecule has 44 heavy (non-hydrogen) atoms. The smallest absolute Gasteiger partial charge is 0.201 e. The summed E-state index contributed by atoms with van der Waals surface area (Å²) in [4.78, 5) is 0. The van der Waals surface area contributed by atoms with E-state index in [1.54, 1.807) is 13.0 Å². The van der Waals surface area contributed by atoms with Crippen molar-refractivity contribution in [1.82, 2.24) is 0 Å². The summed E-state index contributed by atoms with van der Waals surface area (Å²) in [5.41, 5.74) is 1.17. The number of halogens is 6. The highest BCUT2D eigenvalue weighted by molar-refractivity contribution is 5.68. The van der Waals surface area contributed by atoms with Gasteiger partial charge >= 0.3 is 0 Å². The van der Waals surface area contributed by atoms with Gasteiger partial charge in [0, 0.05) is 11.1 Å². The summed E-state index contributed by atoms with van der Waals surface area (Å²) in [6.45, 7) is 3.44. The van der Waals surface area contributed by atoms with Gasteiger partial charge in [-0.15, -0.1) is 0 Å². The Morgan fingerprint density at radius 1 is 0.705 bits per heavy atom. The molecule has 236 valence electrons. The molecule has 0 amide bonds. The largest absolute Gasteiger partial charge is 0.491 e. The highest BCUT2D eigenvalue weighted by Crippen LogP contribution is 2.41. The average molecular weight is 619 g/mol. The van der Waals surface area contributed by atoms with Crippen LogP contribution in [0.25, 0.3) is 5.57 Å². The van der Waals surface area contributed by atoms with Crippen molar-refractivity contribution in [2.24, 2.45) is 5.92 Å². The van der Waals surface area contributed by atoms with Gasteiger partial charge in [-0.05, 0) is 111 Å². The van der Waals surface area contributed by atoms with Crippen molar-refractivity contribution in [2.45, 2.75) is 76.7 Å². The number of aliphatic hydroxyl groups is 1. The van der Waals surface area contributed by atoms with Gasteiger partial charge in [0.15, 0.2) is 34.8 Å². The summed E-state index contributed by atoms with van der Waals surface area (Å²) in [5.74, 6) is -6.82. The second kappa shape index (κ2) is 13.7. The Kier molecular flexibility index (Phi) is 9.93. The first-order valence-electron chi connectivity index (χ1n) is 15.2. The molecule has 0 heterocycles. The maximum Gasteiger partial charge on any atom is 0.201 e. The van der Waals surface area contributed by atoms with Gasteiger partial charge < -0.3 is 14.6 Å². The first kappa shape index (κ1) is 31.9. The molecule has 3 aromatic carbocycles. The average Bonchev–Trinajstić information content (AvgIpc) is 3.02. The van der Waals surface area contributed by atoms with Crippen molar-refractivity contribution in [3.05, 3.63) is 99.6 Å². The van der Waals surface area contributed by atoms with E-state index in [1.165, 1.54) is 43.3 Å². The Balaban J connectivity index is 1.18. The zero-order chi connectivity index (χ0) is 31.5. The van der Waals surface area contributed by atoms with Crippen molar-refractivity contribution in [2.75, 3.05) is 13.2 Å². The lowest BCUT2D eigenvalue weighted by Crippen LogP contribution is -2.20. The molecule has 9 heteroatoms. The van der Waals surface area contributed by atoms with E-state index >= 15 is 8.78 Å². The summed E-state index contributed by atoms with van der Waals surface area (Å²) < 4.78 is 99.1. The van der Waals surface area contributed by atoms with Gasteiger partial charge in [0.2, 0.25) is 11.6 Å². The third-order valence-corrected chi connectivity index (χ3v) is 8.97. The van der Waals surface area contributed by atoms with E-state index in [9.17, 15) is 22.7 Å². The summed E-state index contributed by atoms with van der Waals surface area (Å²) in [6, 6.07) is 8.74. The molecule has 0 aliphatic heterocycles. The standard InChI is InChI=1S/C35H36F6O3/c1-3-43-28-16-14-26(32(38)34(28)40)22-8-10-23(11-9-22)27-15-17-29(35(41)33(27)39)44-18-20-4-6-21(7-5-20)25-13-12-24(19(2)42)30(36)31(25)37/h8,12-17,19-21,23,42H,3-7,9-11,18H2,1-2H3. The molecule has 0 radical (unpaired) electrons. The number of aliphatic hydroxyl groups excluding tert-OH is 1. The highest BCUT2D eigenvalue weighted by atomic mass is 19.2. The Morgan fingerprint density at radius 3 is 1.98 bits per heavy atom. The van der Waals surface area contributed by atoms with Crippen LogP contribution in [0.4, 0.5) is 26.3 Å². The molecule has 0 spiro atoms. The van der Waals surface area contributed by atoms with E-state index in [0.29, 0.717) is 50.5 Å². The molecular weight excluding hydrogens is 582 g/mol. The number of rotatable bonds is 9. The molecule has 2 atom stereocenters. The van der Waals surface area contributed by atoms with E-state index in [0.717, 1.165) is 0 Å². The molecule has 0 aromatic heterocycles. The SMILES string of the molecule is CCOc1ccc(C2=CCC(c3ccc(OCC4CCC(c5ccc(C(C)O)c(F)c5F)CC4)c(F)c3F)CC2)c(F)c1F. The van der Waals surface area contributed by atoms with Crippen molar-refractivity contribution in [3.63, 3.8) is 0 Å². The Labute approximate surface area is 253 Å². The zero-order valence-electron chi connectivity index (χ0n) is 24.7. The second-order valence-electron chi connectivity index (χ2n) is 11.7. The summed E-state index contributed by atoms with van der Waals surface area (Å²) in [7, 11) is 0. The number of allylic oxidation sites excluding steroid dienone is 2. The Bertz CT molecular complexity index is 1530. The van der Waals surface area contributed by atoms with E-state index in [2.05, 4.69) is 0 Å². The number of hydrogen-bond donors (Lipinski definition) is 1. The van der Waals surface area contributed by atoms with Crippen LogP contribution < -0.4 is 9.47 Å². The maximum atomic E-state index is 15.2. The van der Waals surface area contributed by atoms with Crippen LogP contribution in [0.15, 0.2) is 42.5 Å². The third kappa shape index (κ3) is 6.48. The van der Waals surface area contributed by atoms with Crippen LogP contribution in [0.5, 0.6) is 11.5 Å². The molecule has 2 unspecified atom stereocenters. The summed E-state index contributed by atoms with van der Waals surface area (Å²) >= 11 is 0. The van der Waals surface area contributed by atoms with Crippen LogP contribution in [-0.2, 0) is 0 Å². The first-order chi connectivity index (χ1) is 21.1. The topological polar surface area (TPSA) is 38.7 Å². The maximum absolute atomic E-state index is 15.2. The molecule has 1 saturated carbocycles. The lowest BCUT2D eigenvalue weighted by molar-refractivity contribution is 0.189. The molecular formula is C35H36F6O3. The number of ether oxygens (including phenoxy) is 2. The molecule has 0 bridgehead atoms. The highest BCUT2D eigenvalue weighted by Gasteiger charge is 2.29. The van der Waals surface area contributed by atoms with Crippen LogP contribution >= 0.6 is 0 Å². The van der Waals surface area contributed by atoms with Crippen LogP contribution in [0, 0.1) is 40.8 Å². The first-order valence-corrected chi connectivity index (χ1v) is 15.2. The Morgan fingerprint density at radius 2 is 1.32 bits per heavy atom. The normalized spacial score (nSPS) is 21.1. The van der Waals surface area contributed by atoms with Gasteiger partial charge in [-0.2, -0.15) is 8.78 Å². The number of hydrogen-bond acceptors (Lipinski definition) is 3. The molecule has 1 N–H and O–H groups in total. The summed E-state index contributed by atoms with van der Waals surface area (Å²) in [5, 5.41) is 9.62. The monoisotopic (exact) mass is 618 g/mol. The minimum atomic E-state index is -1.11. The predicted molar refractivity (Wildman–Crippen MR) is 156 cm³/mol. The quantitative estimate of drug-likeness (QED) is 0.243. The van der Waals surface area contributed by atoms with Gasteiger partial charge in [-0.3, -0.25) is 0 Å². The van der Waals surface area contributed by atoms with Crippen molar-refractivity contribution >= 4 is 5.57 Å². The molecule has 5 rings (SSSR count). The van der Waals surface area contributed by atoms with Crippen LogP contribution in [-0.4, -0.2) is 18.3 Å². The summed E-state index contributed by atoms with van der Waals surface area (Å²) in [6.07, 6.45) is 4.29. The van der Waals surface area contributed by atoms with Crippen molar-refractivity contribution in [3.8, 4) is 11.5 Å². The van der Waals surface area contributed by atoms with Crippen molar-refractivity contribution < 1.29 is 40.9 Å². The molecule has 0 saturated heterocycles. The van der Waals surface area contributed by atoms with Gasteiger partial charge in [-0.25, -0.2) is 17.6 Å². The molecule has 3 aromatic rings. The fourth-order valence-corrected chi connectivity index (χ4v) is 6.45. The van der Waals surface area contributed by atoms with Crippen LogP contribution in [0.2, 0.25) is 0 Å². The second-order valence-corrected chi connectivity index (χ2v) is 11.7. The van der Waals surface area contributed by atoms with Gasteiger partial charge in [-0.1, -0.05) is 24.3 Å². The molecule has 3 nitrogen and oxygen atoms in total. The van der Waals surface area contributed by atoms with E-state index in [4.69, 9.17) is 9.47 Å². The van der Waals surface area contributed by atoms with Gasteiger partial charge in [0.25, 0.3) is 0 Å². The lowest BCUT2D eigenvalue weighted by Gasteiger charge is -2.29. The fraction of sp³-hybridized carbons (Fsp3) is 0.429. The fourth-order valence-electron chi connectivity index (χ4n) is 6.45. The minimum absolute atomic E-state index is 0.0489. The zero-order valence-corrected chi connectivity index (χ0v) is 24.7. The molecule has 2 aliphatic carbocycles. The van der Waals surface area contributed by atoms with Crippen LogP contribution in [0.1, 0.15) is 99.0 Å². The van der Waals surface area contributed by atoms with E-state index < -0.39 is 41.0 Å². The minimum Gasteiger partial charge on any atom is -0.491 e. The third-order valence-electron chi connectivity index (χ3n) is 8.97.